The van der Waals surface area contributed by atoms with Crippen molar-refractivity contribution in [3.63, 3.8) is 0 Å². The van der Waals surface area contributed by atoms with E-state index in [1.54, 1.807) is 0 Å². The SMILES string of the molecule is Cn1cc(C2CCCN2Cc2noc(-c3ccccc3)n2)cn1. The summed E-state index contributed by atoms with van der Waals surface area (Å²) in [7, 11) is 1.95. The van der Waals surface area contributed by atoms with E-state index in [9.17, 15) is 0 Å². The van der Waals surface area contributed by atoms with Crippen molar-refractivity contribution in [2.45, 2.75) is 25.4 Å². The van der Waals surface area contributed by atoms with E-state index in [0.717, 1.165) is 24.4 Å². The smallest absolute Gasteiger partial charge is 0.257 e. The molecule has 1 unspecified atom stereocenters. The molecule has 1 atom stereocenters. The molecule has 3 heterocycles. The highest BCUT2D eigenvalue weighted by Crippen LogP contribution is 2.32. The van der Waals surface area contributed by atoms with Crippen molar-refractivity contribution in [1.29, 1.82) is 0 Å². The summed E-state index contributed by atoms with van der Waals surface area (Å²) < 4.78 is 7.26. The summed E-state index contributed by atoms with van der Waals surface area (Å²) in [6, 6.07) is 10.3. The molecule has 0 bridgehead atoms. The van der Waals surface area contributed by atoms with Gasteiger partial charge >= 0.3 is 0 Å². The molecule has 0 saturated carbocycles. The Hall–Kier alpha value is -2.47. The topological polar surface area (TPSA) is 60.0 Å². The van der Waals surface area contributed by atoms with Gasteiger partial charge in [-0.25, -0.2) is 0 Å². The summed E-state index contributed by atoms with van der Waals surface area (Å²) in [6.45, 7) is 1.75. The highest BCUT2D eigenvalue weighted by molar-refractivity contribution is 5.51. The molecule has 0 spiro atoms. The molecule has 1 aromatic carbocycles. The Morgan fingerprint density at radius 1 is 1.26 bits per heavy atom. The third-order valence-electron chi connectivity index (χ3n) is 4.31. The molecule has 6 nitrogen and oxygen atoms in total. The molecule has 1 fully saturated rings. The Bertz CT molecular complexity index is 779. The van der Waals surface area contributed by atoms with Crippen molar-refractivity contribution in [1.82, 2.24) is 24.8 Å². The molecule has 3 aromatic rings. The third kappa shape index (κ3) is 2.90. The molecule has 0 amide bonds. The lowest BCUT2D eigenvalue weighted by Crippen LogP contribution is -2.23. The van der Waals surface area contributed by atoms with Gasteiger partial charge in [-0.2, -0.15) is 10.1 Å². The average Bonchev–Trinajstić information content (AvgIpc) is 3.29. The molecule has 1 aliphatic rings. The van der Waals surface area contributed by atoms with E-state index < -0.39 is 0 Å². The molecule has 0 radical (unpaired) electrons. The summed E-state index contributed by atoms with van der Waals surface area (Å²) >= 11 is 0. The number of hydrogen-bond donors (Lipinski definition) is 0. The highest BCUT2D eigenvalue weighted by Gasteiger charge is 2.28. The summed E-state index contributed by atoms with van der Waals surface area (Å²) in [4.78, 5) is 6.94. The van der Waals surface area contributed by atoms with Gasteiger partial charge in [-0.05, 0) is 31.5 Å². The van der Waals surface area contributed by atoms with Crippen LogP contribution in [0.15, 0.2) is 47.2 Å². The molecule has 23 heavy (non-hydrogen) atoms. The Kier molecular flexibility index (Phi) is 3.67. The second kappa shape index (κ2) is 5.96. The highest BCUT2D eigenvalue weighted by atomic mass is 16.5. The van der Waals surface area contributed by atoms with Gasteiger partial charge in [0.2, 0.25) is 0 Å². The first-order valence-corrected chi connectivity index (χ1v) is 7.90. The van der Waals surface area contributed by atoms with Gasteiger partial charge in [0.05, 0.1) is 12.7 Å². The van der Waals surface area contributed by atoms with E-state index in [4.69, 9.17) is 4.52 Å². The number of aromatic nitrogens is 4. The van der Waals surface area contributed by atoms with Gasteiger partial charge in [-0.1, -0.05) is 23.4 Å². The average molecular weight is 309 g/mol. The summed E-state index contributed by atoms with van der Waals surface area (Å²) in [5.74, 6) is 1.32. The fourth-order valence-corrected chi connectivity index (χ4v) is 3.20. The molecule has 118 valence electrons. The van der Waals surface area contributed by atoms with E-state index in [2.05, 4.69) is 26.3 Å². The summed E-state index contributed by atoms with van der Waals surface area (Å²) in [5.41, 5.74) is 2.22. The molecule has 0 N–H and O–H groups in total. The molecule has 6 heteroatoms. The Labute approximate surface area is 134 Å². The van der Waals surface area contributed by atoms with Crippen LogP contribution in [-0.2, 0) is 13.6 Å². The second-order valence-corrected chi connectivity index (χ2v) is 5.96. The zero-order chi connectivity index (χ0) is 15.6. The van der Waals surface area contributed by atoms with Crippen LogP contribution in [0.5, 0.6) is 0 Å². The van der Waals surface area contributed by atoms with Gasteiger partial charge in [0.15, 0.2) is 5.82 Å². The van der Waals surface area contributed by atoms with Crippen LogP contribution in [0.4, 0.5) is 0 Å². The number of rotatable bonds is 4. The van der Waals surface area contributed by atoms with Gasteiger partial charge in [0.25, 0.3) is 5.89 Å². The monoisotopic (exact) mass is 309 g/mol. The zero-order valence-corrected chi connectivity index (χ0v) is 13.1. The number of aryl methyl sites for hydroxylation is 1. The number of nitrogens with zero attached hydrogens (tertiary/aromatic N) is 5. The van der Waals surface area contributed by atoms with Gasteiger partial charge in [0, 0.05) is 30.4 Å². The maximum absolute atomic E-state index is 5.40. The van der Waals surface area contributed by atoms with Crippen LogP contribution in [0.1, 0.15) is 30.3 Å². The maximum Gasteiger partial charge on any atom is 0.257 e. The molecule has 0 aliphatic carbocycles. The quantitative estimate of drug-likeness (QED) is 0.741. The first kappa shape index (κ1) is 14.1. The van der Waals surface area contributed by atoms with E-state index in [1.165, 1.54) is 12.0 Å². The van der Waals surface area contributed by atoms with Crippen LogP contribution in [0.2, 0.25) is 0 Å². The number of benzene rings is 1. The van der Waals surface area contributed by atoms with E-state index in [1.807, 2.05) is 48.3 Å². The van der Waals surface area contributed by atoms with Gasteiger partial charge in [-0.3, -0.25) is 9.58 Å². The Morgan fingerprint density at radius 2 is 2.13 bits per heavy atom. The normalized spacial score (nSPS) is 18.6. The van der Waals surface area contributed by atoms with Crippen molar-refractivity contribution < 1.29 is 4.52 Å². The lowest BCUT2D eigenvalue weighted by atomic mass is 10.1. The van der Waals surface area contributed by atoms with Crippen LogP contribution in [0.3, 0.4) is 0 Å². The van der Waals surface area contributed by atoms with Crippen LogP contribution >= 0.6 is 0 Å². The first-order chi connectivity index (χ1) is 11.3. The van der Waals surface area contributed by atoms with Crippen molar-refractivity contribution in [2.75, 3.05) is 6.54 Å². The van der Waals surface area contributed by atoms with Crippen LogP contribution in [-0.4, -0.2) is 31.4 Å². The first-order valence-electron chi connectivity index (χ1n) is 7.90. The van der Waals surface area contributed by atoms with Crippen LogP contribution in [0, 0.1) is 0 Å². The number of likely N-dealkylation sites (tertiary alicyclic amines) is 1. The zero-order valence-electron chi connectivity index (χ0n) is 13.1. The predicted octanol–water partition coefficient (Wildman–Crippen LogP) is 2.81. The molecule has 1 saturated heterocycles. The lowest BCUT2D eigenvalue weighted by molar-refractivity contribution is 0.238. The minimum atomic E-state index is 0.391. The van der Waals surface area contributed by atoms with Crippen LogP contribution in [0.25, 0.3) is 11.5 Å². The maximum atomic E-state index is 5.40. The van der Waals surface area contributed by atoms with Crippen molar-refractivity contribution >= 4 is 0 Å². The van der Waals surface area contributed by atoms with Crippen molar-refractivity contribution in [2.24, 2.45) is 7.05 Å². The minimum absolute atomic E-state index is 0.391. The van der Waals surface area contributed by atoms with E-state index in [-0.39, 0.29) is 0 Å². The molecule has 4 rings (SSSR count). The second-order valence-electron chi connectivity index (χ2n) is 5.96. The van der Waals surface area contributed by atoms with Crippen molar-refractivity contribution in [3.05, 3.63) is 54.1 Å². The van der Waals surface area contributed by atoms with Crippen LogP contribution < -0.4 is 0 Å². The summed E-state index contributed by atoms with van der Waals surface area (Å²) in [6.07, 6.45) is 6.38. The molecule has 1 aliphatic heterocycles. The van der Waals surface area contributed by atoms with Gasteiger partial charge < -0.3 is 4.52 Å². The standard InChI is InChI=1S/C17H19N5O/c1-21-11-14(10-18-21)15-8-5-9-22(15)12-16-19-17(23-20-16)13-6-3-2-4-7-13/h2-4,6-7,10-11,15H,5,8-9,12H2,1H3. The Balaban J connectivity index is 1.50. The molecular weight excluding hydrogens is 290 g/mol. The minimum Gasteiger partial charge on any atom is -0.334 e. The number of hydrogen-bond acceptors (Lipinski definition) is 5. The van der Waals surface area contributed by atoms with Gasteiger partial charge in [-0.15, -0.1) is 0 Å². The third-order valence-corrected chi connectivity index (χ3v) is 4.31. The lowest BCUT2D eigenvalue weighted by Gasteiger charge is -2.21. The largest absolute Gasteiger partial charge is 0.334 e. The Morgan fingerprint density at radius 3 is 2.91 bits per heavy atom. The predicted molar refractivity (Wildman–Crippen MR) is 85.3 cm³/mol. The summed E-state index contributed by atoms with van der Waals surface area (Å²) in [5, 5.41) is 8.43. The molecular formula is C17H19N5O. The fraction of sp³-hybridized carbons (Fsp3) is 0.353. The van der Waals surface area contributed by atoms with E-state index in [0.29, 0.717) is 18.5 Å². The fourth-order valence-electron chi connectivity index (χ4n) is 3.20. The van der Waals surface area contributed by atoms with E-state index >= 15 is 0 Å². The molecule has 2 aromatic heterocycles. The van der Waals surface area contributed by atoms with Gasteiger partial charge in [0.1, 0.15) is 0 Å². The van der Waals surface area contributed by atoms with Crippen molar-refractivity contribution in [3.8, 4) is 11.5 Å².